The molecule has 1 aromatic carbocycles. The van der Waals surface area contributed by atoms with E-state index >= 15 is 0 Å². The van der Waals surface area contributed by atoms with E-state index in [1.807, 2.05) is 42.5 Å². The molecule has 0 aromatic heterocycles. The van der Waals surface area contributed by atoms with Crippen LogP contribution in [0, 0.1) is 11.8 Å². The number of aliphatic hydroxyl groups is 1. The van der Waals surface area contributed by atoms with Crippen molar-refractivity contribution in [3.8, 4) is 0 Å². The molecule has 0 radical (unpaired) electrons. The number of hydrogen-bond acceptors (Lipinski definition) is 6. The van der Waals surface area contributed by atoms with Crippen LogP contribution in [0.4, 0.5) is 0 Å². The highest BCUT2D eigenvalue weighted by Gasteiger charge is 2.25. The molecule has 0 spiro atoms. The van der Waals surface area contributed by atoms with Crippen LogP contribution in [-0.2, 0) is 30.3 Å². The number of benzene rings is 1. The summed E-state index contributed by atoms with van der Waals surface area (Å²) < 4.78 is 10.7. The van der Waals surface area contributed by atoms with E-state index < -0.39 is 12.0 Å². The molecule has 8 heteroatoms. The maximum absolute atomic E-state index is 12.8. The van der Waals surface area contributed by atoms with E-state index in [-0.39, 0.29) is 49.9 Å². The monoisotopic (exact) mass is 460 g/mol. The molecule has 0 bridgehead atoms. The first-order valence-electron chi connectivity index (χ1n) is 11.6. The Morgan fingerprint density at radius 2 is 1.97 bits per heavy atom. The van der Waals surface area contributed by atoms with Crippen LogP contribution in [0.1, 0.15) is 38.2 Å². The van der Waals surface area contributed by atoms with Crippen molar-refractivity contribution < 1.29 is 29.0 Å². The number of carbonyl (C=O) groups is 3. The standard InChI is InChI=1S/C25H36N2O6/c1-19-18-27-24(30)21(17-23(29)26-12-14-32-15-13-28)10-6-3-7-11-22(25(31)33-19)16-20-8-4-2-5-9-20/h2-6,8-9,19,21-22,28H,7,10-18H2,1H3,(H,26,29)(H,27,30)/t19-,21+,22+/m0/s1. The van der Waals surface area contributed by atoms with Gasteiger partial charge in [0.25, 0.3) is 0 Å². The average Bonchev–Trinajstić information content (AvgIpc) is 2.81. The minimum atomic E-state index is -0.511. The average molecular weight is 461 g/mol. The van der Waals surface area contributed by atoms with Gasteiger partial charge in [0.15, 0.2) is 0 Å². The predicted octanol–water partition coefficient (Wildman–Crippen LogP) is 1.76. The van der Waals surface area contributed by atoms with Crippen molar-refractivity contribution in [3.05, 3.63) is 48.0 Å². The third-order valence-electron chi connectivity index (χ3n) is 5.42. The molecule has 33 heavy (non-hydrogen) atoms. The minimum Gasteiger partial charge on any atom is -0.461 e. The number of rotatable bonds is 9. The summed E-state index contributed by atoms with van der Waals surface area (Å²) in [5.74, 6) is -1.50. The molecule has 2 amide bonds. The highest BCUT2D eigenvalue weighted by atomic mass is 16.5. The topological polar surface area (TPSA) is 114 Å². The largest absolute Gasteiger partial charge is 0.461 e. The molecule has 0 saturated carbocycles. The summed E-state index contributed by atoms with van der Waals surface area (Å²) in [6.45, 7) is 2.72. The summed E-state index contributed by atoms with van der Waals surface area (Å²) in [5.41, 5.74) is 1.08. The lowest BCUT2D eigenvalue weighted by Crippen LogP contribution is -2.39. The molecular weight excluding hydrogens is 424 g/mol. The fourth-order valence-electron chi connectivity index (χ4n) is 3.61. The number of allylic oxidation sites excluding steroid dienone is 2. The predicted molar refractivity (Wildman–Crippen MR) is 124 cm³/mol. The zero-order chi connectivity index (χ0) is 23.9. The summed E-state index contributed by atoms with van der Waals surface area (Å²) in [6, 6.07) is 9.86. The van der Waals surface area contributed by atoms with Crippen molar-refractivity contribution in [2.75, 3.05) is 32.9 Å². The van der Waals surface area contributed by atoms with Crippen molar-refractivity contribution in [1.29, 1.82) is 0 Å². The zero-order valence-corrected chi connectivity index (χ0v) is 19.3. The Kier molecular flexibility index (Phi) is 12.2. The lowest BCUT2D eigenvalue weighted by Gasteiger charge is -2.20. The molecule has 1 aliphatic heterocycles. The van der Waals surface area contributed by atoms with Crippen molar-refractivity contribution >= 4 is 17.8 Å². The van der Waals surface area contributed by atoms with Gasteiger partial charge in [0.05, 0.1) is 38.2 Å². The zero-order valence-electron chi connectivity index (χ0n) is 19.3. The van der Waals surface area contributed by atoms with Crippen LogP contribution in [0.15, 0.2) is 42.5 Å². The molecule has 0 fully saturated rings. The van der Waals surface area contributed by atoms with Gasteiger partial charge in [0, 0.05) is 13.0 Å². The number of cyclic esters (lactones) is 1. The molecule has 0 aliphatic carbocycles. The molecule has 182 valence electrons. The van der Waals surface area contributed by atoms with Gasteiger partial charge >= 0.3 is 5.97 Å². The van der Waals surface area contributed by atoms with Gasteiger partial charge in [-0.1, -0.05) is 42.5 Å². The SMILES string of the molecule is C[C@H]1CNC(=O)[C@@H](CC(=O)NCCOCCO)CC=CCC[C@H](Cc2ccccc2)C(=O)O1. The summed E-state index contributed by atoms with van der Waals surface area (Å²) in [4.78, 5) is 37.7. The molecule has 3 N–H and O–H groups in total. The Morgan fingerprint density at radius 1 is 1.18 bits per heavy atom. The molecular formula is C25H36N2O6. The van der Waals surface area contributed by atoms with Crippen molar-refractivity contribution in [3.63, 3.8) is 0 Å². The summed E-state index contributed by atoms with van der Waals surface area (Å²) in [5, 5.41) is 14.2. The number of ether oxygens (including phenoxy) is 2. The molecule has 0 saturated heterocycles. The Morgan fingerprint density at radius 3 is 2.73 bits per heavy atom. The van der Waals surface area contributed by atoms with E-state index in [1.165, 1.54) is 0 Å². The van der Waals surface area contributed by atoms with Crippen LogP contribution in [-0.4, -0.2) is 61.9 Å². The fraction of sp³-hybridized carbons (Fsp3) is 0.560. The molecule has 3 atom stereocenters. The fourth-order valence-corrected chi connectivity index (χ4v) is 3.61. The van der Waals surface area contributed by atoms with Gasteiger partial charge in [0.1, 0.15) is 6.10 Å². The number of carbonyl (C=O) groups excluding carboxylic acids is 3. The minimum absolute atomic E-state index is 0.0565. The van der Waals surface area contributed by atoms with E-state index in [0.29, 0.717) is 38.8 Å². The number of esters is 1. The number of aliphatic hydroxyl groups excluding tert-OH is 1. The Balaban J connectivity index is 1.95. The third kappa shape index (κ3) is 10.6. The van der Waals surface area contributed by atoms with E-state index in [4.69, 9.17) is 14.6 Å². The molecule has 2 rings (SSSR count). The lowest BCUT2D eigenvalue weighted by molar-refractivity contribution is -0.153. The van der Waals surface area contributed by atoms with Crippen molar-refractivity contribution in [2.45, 2.75) is 45.1 Å². The number of amides is 2. The maximum atomic E-state index is 12.8. The van der Waals surface area contributed by atoms with Gasteiger partial charge < -0.3 is 25.2 Å². The summed E-state index contributed by atoms with van der Waals surface area (Å²) >= 11 is 0. The summed E-state index contributed by atoms with van der Waals surface area (Å²) in [6.07, 6.45) is 5.85. The van der Waals surface area contributed by atoms with Gasteiger partial charge in [-0.25, -0.2) is 0 Å². The van der Waals surface area contributed by atoms with Crippen LogP contribution in [0.5, 0.6) is 0 Å². The van der Waals surface area contributed by atoms with E-state index in [1.54, 1.807) is 6.92 Å². The quantitative estimate of drug-likeness (QED) is 0.294. The smallest absolute Gasteiger partial charge is 0.309 e. The van der Waals surface area contributed by atoms with E-state index in [2.05, 4.69) is 10.6 Å². The van der Waals surface area contributed by atoms with Crippen LogP contribution in [0.2, 0.25) is 0 Å². The molecule has 1 aliphatic rings. The maximum Gasteiger partial charge on any atom is 0.309 e. The Labute approximate surface area is 195 Å². The second-order valence-corrected chi connectivity index (χ2v) is 8.25. The molecule has 8 nitrogen and oxygen atoms in total. The molecule has 1 aromatic rings. The second-order valence-electron chi connectivity index (χ2n) is 8.25. The first kappa shape index (κ1) is 26.5. The Bertz CT molecular complexity index is 767. The third-order valence-corrected chi connectivity index (χ3v) is 5.42. The first-order valence-corrected chi connectivity index (χ1v) is 11.6. The normalized spacial score (nSPS) is 22.3. The molecule has 1 heterocycles. The van der Waals surface area contributed by atoms with Gasteiger partial charge in [-0.3, -0.25) is 14.4 Å². The highest BCUT2D eigenvalue weighted by molar-refractivity contribution is 5.86. The van der Waals surface area contributed by atoms with Crippen molar-refractivity contribution in [2.24, 2.45) is 11.8 Å². The van der Waals surface area contributed by atoms with Crippen LogP contribution < -0.4 is 10.6 Å². The van der Waals surface area contributed by atoms with Crippen molar-refractivity contribution in [1.82, 2.24) is 10.6 Å². The van der Waals surface area contributed by atoms with Gasteiger partial charge in [-0.15, -0.1) is 0 Å². The first-order chi connectivity index (χ1) is 16.0. The Hall–Kier alpha value is -2.71. The second kappa shape index (κ2) is 15.2. The van der Waals surface area contributed by atoms with E-state index in [9.17, 15) is 14.4 Å². The van der Waals surface area contributed by atoms with Gasteiger partial charge in [-0.2, -0.15) is 0 Å². The van der Waals surface area contributed by atoms with E-state index in [0.717, 1.165) is 5.56 Å². The van der Waals surface area contributed by atoms with Crippen LogP contribution in [0.3, 0.4) is 0 Å². The summed E-state index contributed by atoms with van der Waals surface area (Å²) in [7, 11) is 0. The van der Waals surface area contributed by atoms with Gasteiger partial charge in [-0.05, 0) is 38.2 Å². The number of nitrogens with one attached hydrogen (secondary N) is 2. The molecule has 0 unspecified atom stereocenters. The van der Waals surface area contributed by atoms with Gasteiger partial charge in [0.2, 0.25) is 11.8 Å². The number of hydrogen-bond donors (Lipinski definition) is 3. The lowest BCUT2D eigenvalue weighted by atomic mass is 9.94. The highest BCUT2D eigenvalue weighted by Crippen LogP contribution is 2.19. The van der Waals surface area contributed by atoms with Crippen LogP contribution >= 0.6 is 0 Å². The van der Waals surface area contributed by atoms with Crippen LogP contribution in [0.25, 0.3) is 0 Å².